The SMILES string of the molecule is Cc1ccc(CN2C(=O)C(O)=C(S(=O)(=O)c3ccccc3)C2c2ccc(F)cc2)cc1. The van der Waals surface area contributed by atoms with Gasteiger partial charge in [-0.05, 0) is 42.3 Å². The van der Waals surface area contributed by atoms with Crippen molar-refractivity contribution >= 4 is 15.7 Å². The molecule has 0 spiro atoms. The zero-order valence-electron chi connectivity index (χ0n) is 16.7. The molecule has 3 aromatic rings. The van der Waals surface area contributed by atoms with Crippen LogP contribution in [-0.2, 0) is 21.2 Å². The highest BCUT2D eigenvalue weighted by Gasteiger charge is 2.46. The predicted octanol–water partition coefficient (Wildman–Crippen LogP) is 4.46. The average molecular weight is 437 g/mol. The second kappa shape index (κ2) is 8.00. The number of halogens is 1. The average Bonchev–Trinajstić information content (AvgIpc) is 3.02. The fourth-order valence-electron chi connectivity index (χ4n) is 3.66. The van der Waals surface area contributed by atoms with Crippen LogP contribution < -0.4 is 0 Å². The molecule has 3 aromatic carbocycles. The van der Waals surface area contributed by atoms with Gasteiger partial charge in [0.25, 0.3) is 5.91 Å². The van der Waals surface area contributed by atoms with E-state index in [1.807, 2.05) is 31.2 Å². The first kappa shape index (κ1) is 20.8. The van der Waals surface area contributed by atoms with Crippen LogP contribution in [0.1, 0.15) is 22.7 Å². The first-order valence-electron chi connectivity index (χ1n) is 9.64. The fourth-order valence-corrected chi connectivity index (χ4v) is 5.33. The van der Waals surface area contributed by atoms with Crippen LogP contribution in [0.5, 0.6) is 0 Å². The van der Waals surface area contributed by atoms with Crippen LogP contribution in [0, 0.1) is 12.7 Å². The molecule has 1 N–H and O–H groups in total. The molecule has 31 heavy (non-hydrogen) atoms. The lowest BCUT2D eigenvalue weighted by atomic mass is 10.1. The van der Waals surface area contributed by atoms with E-state index in [1.54, 1.807) is 18.2 Å². The largest absolute Gasteiger partial charge is 0.502 e. The van der Waals surface area contributed by atoms with Gasteiger partial charge in [-0.3, -0.25) is 4.79 Å². The van der Waals surface area contributed by atoms with Gasteiger partial charge in [0.05, 0.1) is 10.9 Å². The maximum absolute atomic E-state index is 13.5. The van der Waals surface area contributed by atoms with Crippen molar-refractivity contribution in [3.05, 3.63) is 112 Å². The minimum Gasteiger partial charge on any atom is -0.502 e. The molecule has 158 valence electrons. The van der Waals surface area contributed by atoms with E-state index in [-0.39, 0.29) is 11.4 Å². The Morgan fingerprint density at radius 1 is 0.935 bits per heavy atom. The van der Waals surface area contributed by atoms with Gasteiger partial charge >= 0.3 is 0 Å². The van der Waals surface area contributed by atoms with Crippen LogP contribution >= 0.6 is 0 Å². The van der Waals surface area contributed by atoms with Crippen molar-refractivity contribution in [1.29, 1.82) is 0 Å². The van der Waals surface area contributed by atoms with Crippen LogP contribution in [0.25, 0.3) is 0 Å². The summed E-state index contributed by atoms with van der Waals surface area (Å²) in [4.78, 5) is 13.9. The number of aliphatic hydroxyl groups excluding tert-OH is 1. The van der Waals surface area contributed by atoms with Crippen LogP contribution in [0.2, 0.25) is 0 Å². The number of aliphatic hydroxyl groups is 1. The number of amides is 1. The second-order valence-electron chi connectivity index (χ2n) is 7.40. The number of nitrogens with zero attached hydrogens (tertiary/aromatic N) is 1. The molecule has 0 bridgehead atoms. The lowest BCUT2D eigenvalue weighted by Gasteiger charge is -2.27. The molecular weight excluding hydrogens is 417 g/mol. The minimum absolute atomic E-state index is 0.0337. The van der Waals surface area contributed by atoms with E-state index in [9.17, 15) is 22.7 Å². The van der Waals surface area contributed by atoms with Gasteiger partial charge in [0.15, 0.2) is 5.76 Å². The van der Waals surface area contributed by atoms with Crippen LogP contribution in [0.3, 0.4) is 0 Å². The molecular formula is C24H20FNO4S. The molecule has 0 fully saturated rings. The maximum atomic E-state index is 13.5. The molecule has 1 amide bonds. The fraction of sp³-hybridized carbons (Fsp3) is 0.125. The van der Waals surface area contributed by atoms with E-state index in [1.165, 1.54) is 41.3 Å². The lowest BCUT2D eigenvalue weighted by Crippen LogP contribution is -2.30. The first-order chi connectivity index (χ1) is 14.8. The van der Waals surface area contributed by atoms with Crippen LogP contribution in [-0.4, -0.2) is 24.3 Å². The van der Waals surface area contributed by atoms with Gasteiger partial charge in [0.1, 0.15) is 10.7 Å². The summed E-state index contributed by atoms with van der Waals surface area (Å²) < 4.78 is 40.4. The third kappa shape index (κ3) is 3.84. The summed E-state index contributed by atoms with van der Waals surface area (Å²) >= 11 is 0. The number of sulfone groups is 1. The van der Waals surface area contributed by atoms with E-state index >= 15 is 0 Å². The number of benzene rings is 3. The molecule has 5 nitrogen and oxygen atoms in total. The zero-order valence-corrected chi connectivity index (χ0v) is 17.5. The number of hydrogen-bond donors (Lipinski definition) is 1. The van der Waals surface area contributed by atoms with Crippen molar-refractivity contribution in [2.24, 2.45) is 0 Å². The van der Waals surface area contributed by atoms with Crippen molar-refractivity contribution in [3.63, 3.8) is 0 Å². The third-order valence-corrected chi connectivity index (χ3v) is 7.15. The maximum Gasteiger partial charge on any atom is 0.290 e. The Labute approximate surface area is 180 Å². The van der Waals surface area contributed by atoms with E-state index in [0.29, 0.717) is 5.56 Å². The summed E-state index contributed by atoms with van der Waals surface area (Å²) in [6.07, 6.45) is 0. The van der Waals surface area contributed by atoms with Gasteiger partial charge in [0, 0.05) is 6.54 Å². The van der Waals surface area contributed by atoms with Crippen molar-refractivity contribution in [2.75, 3.05) is 0 Å². The molecule has 1 aliphatic rings. The number of aryl methyl sites for hydroxylation is 1. The van der Waals surface area contributed by atoms with Crippen molar-refractivity contribution in [2.45, 2.75) is 24.4 Å². The lowest BCUT2D eigenvalue weighted by molar-refractivity contribution is -0.130. The molecule has 0 radical (unpaired) electrons. The highest BCUT2D eigenvalue weighted by molar-refractivity contribution is 7.95. The van der Waals surface area contributed by atoms with Gasteiger partial charge in [-0.15, -0.1) is 0 Å². The number of carbonyl (C=O) groups excluding carboxylic acids is 1. The molecule has 0 saturated heterocycles. The number of carbonyl (C=O) groups is 1. The Morgan fingerprint density at radius 3 is 2.16 bits per heavy atom. The number of hydrogen-bond acceptors (Lipinski definition) is 4. The topological polar surface area (TPSA) is 74.7 Å². The van der Waals surface area contributed by atoms with E-state index in [2.05, 4.69) is 0 Å². The molecule has 1 atom stereocenters. The standard InChI is InChI=1S/C24H20FNO4S/c1-16-7-9-17(10-8-16)15-26-21(18-11-13-19(25)14-12-18)23(22(27)24(26)28)31(29,30)20-5-3-2-4-6-20/h2-14,21,27H,15H2,1H3. The Morgan fingerprint density at radius 2 is 1.55 bits per heavy atom. The zero-order chi connectivity index (χ0) is 22.2. The normalized spacial score (nSPS) is 16.8. The quantitative estimate of drug-likeness (QED) is 0.640. The summed E-state index contributed by atoms with van der Waals surface area (Å²) in [5.41, 5.74) is 2.21. The highest BCUT2D eigenvalue weighted by atomic mass is 32.2. The molecule has 0 aromatic heterocycles. The summed E-state index contributed by atoms with van der Waals surface area (Å²) in [7, 11) is -4.19. The molecule has 1 unspecified atom stereocenters. The molecule has 1 aliphatic heterocycles. The van der Waals surface area contributed by atoms with Gasteiger partial charge in [0.2, 0.25) is 9.84 Å². The Kier molecular flexibility index (Phi) is 5.37. The smallest absolute Gasteiger partial charge is 0.290 e. The van der Waals surface area contributed by atoms with Crippen molar-refractivity contribution in [3.8, 4) is 0 Å². The Balaban J connectivity index is 1.85. The predicted molar refractivity (Wildman–Crippen MR) is 114 cm³/mol. The van der Waals surface area contributed by atoms with E-state index < -0.39 is 38.3 Å². The Hall–Kier alpha value is -3.45. The van der Waals surface area contributed by atoms with Crippen molar-refractivity contribution in [1.82, 2.24) is 4.90 Å². The van der Waals surface area contributed by atoms with Gasteiger partial charge in [-0.2, -0.15) is 0 Å². The minimum atomic E-state index is -4.19. The monoisotopic (exact) mass is 437 g/mol. The van der Waals surface area contributed by atoms with Gasteiger partial charge in [-0.1, -0.05) is 60.2 Å². The highest BCUT2D eigenvalue weighted by Crippen LogP contribution is 2.43. The van der Waals surface area contributed by atoms with E-state index in [4.69, 9.17) is 0 Å². The number of rotatable bonds is 5. The summed E-state index contributed by atoms with van der Waals surface area (Å²) in [6.45, 7) is 2.02. The summed E-state index contributed by atoms with van der Waals surface area (Å²) in [6, 6.07) is 19.2. The first-order valence-corrected chi connectivity index (χ1v) is 11.1. The molecule has 0 saturated carbocycles. The molecule has 4 rings (SSSR count). The van der Waals surface area contributed by atoms with Gasteiger partial charge < -0.3 is 10.0 Å². The molecule has 7 heteroatoms. The van der Waals surface area contributed by atoms with Crippen molar-refractivity contribution < 1.29 is 22.7 Å². The second-order valence-corrected chi connectivity index (χ2v) is 9.32. The Bertz CT molecular complexity index is 1250. The summed E-state index contributed by atoms with van der Waals surface area (Å²) in [5, 5.41) is 10.7. The van der Waals surface area contributed by atoms with Crippen LogP contribution in [0.15, 0.2) is 94.4 Å². The molecule has 0 aliphatic carbocycles. The van der Waals surface area contributed by atoms with E-state index in [0.717, 1.165) is 11.1 Å². The third-order valence-electron chi connectivity index (χ3n) is 5.26. The van der Waals surface area contributed by atoms with Gasteiger partial charge in [-0.25, -0.2) is 12.8 Å². The summed E-state index contributed by atoms with van der Waals surface area (Å²) in [5.74, 6) is -2.09. The molecule has 1 heterocycles. The van der Waals surface area contributed by atoms with Crippen LogP contribution in [0.4, 0.5) is 4.39 Å².